The molecule has 0 saturated heterocycles. The summed E-state index contributed by atoms with van der Waals surface area (Å²) in [5.74, 6) is -0.121. The van der Waals surface area contributed by atoms with Gasteiger partial charge in [0.15, 0.2) is 0 Å². The fourth-order valence-corrected chi connectivity index (χ4v) is 3.85. The first kappa shape index (κ1) is 21.1. The van der Waals surface area contributed by atoms with Crippen LogP contribution in [0, 0.1) is 10.1 Å². The maximum absolute atomic E-state index is 12.6. The molecule has 6 heteroatoms. The predicted octanol–water partition coefficient (Wildman–Crippen LogP) is 6.52. The lowest BCUT2D eigenvalue weighted by atomic mass is 9.89. The third-order valence-electron chi connectivity index (χ3n) is 5.36. The van der Waals surface area contributed by atoms with Crippen LogP contribution in [0.1, 0.15) is 30.9 Å². The molecule has 0 aliphatic rings. The third kappa shape index (κ3) is 4.30. The second-order valence-corrected chi connectivity index (χ2v) is 7.84. The molecule has 0 radical (unpaired) electrons. The summed E-state index contributed by atoms with van der Waals surface area (Å²) in [7, 11) is 0. The predicted molar refractivity (Wildman–Crippen MR) is 129 cm³/mol. The van der Waals surface area contributed by atoms with Gasteiger partial charge in [-0.3, -0.25) is 14.9 Å². The number of aromatic nitrogens is 1. The van der Waals surface area contributed by atoms with E-state index < -0.39 is 0 Å². The van der Waals surface area contributed by atoms with Crippen molar-refractivity contribution < 1.29 is 9.72 Å². The van der Waals surface area contributed by atoms with Crippen molar-refractivity contribution in [2.24, 2.45) is 0 Å². The van der Waals surface area contributed by atoms with Crippen molar-refractivity contribution in [3.63, 3.8) is 0 Å². The minimum atomic E-state index is -0.379. The number of nitro groups is 1. The quantitative estimate of drug-likeness (QED) is 0.209. The molecule has 2 N–H and O–H groups in total. The van der Waals surface area contributed by atoms with Crippen molar-refractivity contribution in [3.05, 3.63) is 100 Å². The average Bonchev–Trinajstić information content (AvgIpc) is 3.25. The molecule has 0 aliphatic heterocycles. The van der Waals surface area contributed by atoms with Crippen molar-refractivity contribution >= 4 is 34.3 Å². The molecule has 4 aromatic rings. The Labute approximate surface area is 185 Å². The van der Waals surface area contributed by atoms with Crippen LogP contribution in [0.2, 0.25) is 0 Å². The topological polar surface area (TPSA) is 88.0 Å². The van der Waals surface area contributed by atoms with Gasteiger partial charge in [0.25, 0.3) is 5.69 Å². The van der Waals surface area contributed by atoms with Gasteiger partial charge in [-0.1, -0.05) is 50.2 Å². The van der Waals surface area contributed by atoms with Crippen LogP contribution in [-0.4, -0.2) is 15.8 Å². The molecule has 3 aromatic carbocycles. The Morgan fingerprint density at radius 3 is 2.66 bits per heavy atom. The first-order chi connectivity index (χ1) is 15.4. The Kier molecular flexibility index (Phi) is 5.85. The number of hydrogen-bond donors (Lipinski definition) is 2. The number of benzene rings is 3. The summed E-state index contributed by atoms with van der Waals surface area (Å²) in [6, 6.07) is 20.1. The number of rotatable bonds is 6. The minimum Gasteiger partial charge on any atom is -0.361 e. The zero-order valence-electron chi connectivity index (χ0n) is 17.8. The maximum Gasteiger partial charge on any atom is 0.277 e. The van der Waals surface area contributed by atoms with Gasteiger partial charge < -0.3 is 10.3 Å². The molecule has 0 atom stereocenters. The molecular formula is C26H23N3O3. The molecule has 1 heterocycles. The van der Waals surface area contributed by atoms with E-state index >= 15 is 0 Å². The van der Waals surface area contributed by atoms with Gasteiger partial charge in [-0.05, 0) is 52.9 Å². The Morgan fingerprint density at radius 1 is 1.06 bits per heavy atom. The first-order valence-electron chi connectivity index (χ1n) is 10.4. The van der Waals surface area contributed by atoms with E-state index in [4.69, 9.17) is 0 Å². The Morgan fingerprint density at radius 2 is 1.88 bits per heavy atom. The van der Waals surface area contributed by atoms with Gasteiger partial charge in [-0.25, -0.2) is 0 Å². The van der Waals surface area contributed by atoms with E-state index in [0.29, 0.717) is 16.8 Å². The van der Waals surface area contributed by atoms with Gasteiger partial charge in [0, 0.05) is 34.9 Å². The number of anilines is 1. The van der Waals surface area contributed by atoms with Crippen molar-refractivity contribution in [2.45, 2.75) is 19.8 Å². The third-order valence-corrected chi connectivity index (χ3v) is 5.36. The first-order valence-corrected chi connectivity index (χ1v) is 10.4. The number of amides is 1. The molecule has 160 valence electrons. The number of nitrogens with zero attached hydrogens (tertiary/aromatic N) is 1. The number of fused-ring (bicyclic) bond motifs is 1. The van der Waals surface area contributed by atoms with Gasteiger partial charge in [0.05, 0.1) is 10.5 Å². The summed E-state index contributed by atoms with van der Waals surface area (Å²) in [5.41, 5.74) is 4.62. The van der Waals surface area contributed by atoms with E-state index in [1.807, 2.05) is 54.7 Å². The molecule has 4 rings (SSSR count). The van der Waals surface area contributed by atoms with E-state index in [1.165, 1.54) is 12.1 Å². The van der Waals surface area contributed by atoms with Crippen LogP contribution in [0.25, 0.3) is 28.1 Å². The largest absolute Gasteiger partial charge is 0.361 e. The smallest absolute Gasteiger partial charge is 0.277 e. The van der Waals surface area contributed by atoms with Crippen LogP contribution < -0.4 is 5.32 Å². The summed E-state index contributed by atoms with van der Waals surface area (Å²) >= 11 is 0. The molecule has 0 saturated carbocycles. The lowest BCUT2D eigenvalue weighted by molar-refractivity contribution is -0.384. The molecule has 6 nitrogen and oxygen atoms in total. The summed E-state index contributed by atoms with van der Waals surface area (Å²) in [5, 5.41) is 15.6. The van der Waals surface area contributed by atoms with Crippen LogP contribution in [0.5, 0.6) is 0 Å². The summed E-state index contributed by atoms with van der Waals surface area (Å²) < 4.78 is 0. The van der Waals surface area contributed by atoms with Crippen LogP contribution in [0.3, 0.4) is 0 Å². The molecule has 0 bridgehead atoms. The highest BCUT2D eigenvalue weighted by Gasteiger charge is 2.21. The van der Waals surface area contributed by atoms with E-state index in [2.05, 4.69) is 24.1 Å². The van der Waals surface area contributed by atoms with Crippen molar-refractivity contribution in [1.82, 2.24) is 4.98 Å². The lowest BCUT2D eigenvalue weighted by Crippen LogP contribution is -2.07. The fourth-order valence-electron chi connectivity index (χ4n) is 3.85. The zero-order valence-corrected chi connectivity index (χ0v) is 17.8. The number of nitro benzene ring substituents is 1. The van der Waals surface area contributed by atoms with E-state index in [9.17, 15) is 14.9 Å². The molecule has 0 aliphatic carbocycles. The second-order valence-electron chi connectivity index (χ2n) is 7.84. The molecule has 0 unspecified atom stereocenters. The van der Waals surface area contributed by atoms with E-state index in [1.54, 1.807) is 18.2 Å². The van der Waals surface area contributed by atoms with Crippen LogP contribution >= 0.6 is 0 Å². The number of carbonyl (C=O) groups excluding carboxylic acids is 1. The Balaban J connectivity index is 1.69. The number of hydrogen-bond acceptors (Lipinski definition) is 3. The van der Waals surface area contributed by atoms with Gasteiger partial charge in [0.1, 0.15) is 0 Å². The summed E-state index contributed by atoms with van der Waals surface area (Å²) in [6.07, 6.45) is 4.88. The lowest BCUT2D eigenvalue weighted by Gasteiger charge is -2.15. The standard InChI is InChI=1S/C26H23N3O3/c1-17(2)21-7-3-4-8-22(21)26-18(6-5-9-24(26)29(31)32)10-13-25(30)28-20-11-12-23-19(16-20)14-15-27-23/h3-17,27H,1-2H3,(H,28,30)/b13-10+. The van der Waals surface area contributed by atoms with Crippen LogP contribution in [-0.2, 0) is 4.79 Å². The summed E-state index contributed by atoms with van der Waals surface area (Å²) in [6.45, 7) is 4.11. The molecule has 1 amide bonds. The summed E-state index contributed by atoms with van der Waals surface area (Å²) in [4.78, 5) is 27.1. The highest BCUT2D eigenvalue weighted by Crippen LogP contribution is 2.38. The van der Waals surface area contributed by atoms with E-state index in [0.717, 1.165) is 22.0 Å². The van der Waals surface area contributed by atoms with E-state index in [-0.39, 0.29) is 22.4 Å². The van der Waals surface area contributed by atoms with Gasteiger partial charge in [0.2, 0.25) is 5.91 Å². The molecule has 0 spiro atoms. The maximum atomic E-state index is 12.6. The molecule has 1 aromatic heterocycles. The number of H-pyrrole nitrogens is 1. The van der Waals surface area contributed by atoms with Gasteiger partial charge >= 0.3 is 0 Å². The SMILES string of the molecule is CC(C)c1ccccc1-c1c(/C=C/C(=O)Nc2ccc3[nH]ccc3c2)cccc1[N+](=O)[O-]. The molecular weight excluding hydrogens is 402 g/mol. The minimum absolute atomic E-state index is 0.0126. The molecule has 32 heavy (non-hydrogen) atoms. The number of aromatic amines is 1. The van der Waals surface area contributed by atoms with Gasteiger partial charge in [-0.15, -0.1) is 0 Å². The number of nitrogens with one attached hydrogen (secondary N) is 2. The highest BCUT2D eigenvalue weighted by molar-refractivity contribution is 6.03. The van der Waals surface area contributed by atoms with Crippen LogP contribution in [0.15, 0.2) is 79.0 Å². The van der Waals surface area contributed by atoms with Crippen LogP contribution in [0.4, 0.5) is 11.4 Å². The van der Waals surface area contributed by atoms with Gasteiger partial charge in [-0.2, -0.15) is 0 Å². The highest BCUT2D eigenvalue weighted by atomic mass is 16.6. The fraction of sp³-hybridized carbons (Fsp3) is 0.115. The van der Waals surface area contributed by atoms with Crippen molar-refractivity contribution in [1.29, 1.82) is 0 Å². The Hall–Kier alpha value is -4.19. The normalized spacial score (nSPS) is 11.3. The second kappa shape index (κ2) is 8.89. The van der Waals surface area contributed by atoms with Crippen molar-refractivity contribution in [2.75, 3.05) is 5.32 Å². The Bertz CT molecular complexity index is 1340. The monoisotopic (exact) mass is 425 g/mol. The average molecular weight is 425 g/mol. The number of carbonyl (C=O) groups is 1. The van der Waals surface area contributed by atoms with Crippen molar-refractivity contribution in [3.8, 4) is 11.1 Å². The molecule has 0 fully saturated rings. The zero-order chi connectivity index (χ0) is 22.7.